The van der Waals surface area contributed by atoms with Crippen LogP contribution >= 0.6 is 0 Å². The number of aliphatic hydroxyl groups excluding tert-OH is 1. The van der Waals surface area contributed by atoms with Crippen molar-refractivity contribution in [3.05, 3.63) is 0 Å². The Kier molecular flexibility index (Phi) is 3.09. The van der Waals surface area contributed by atoms with E-state index in [9.17, 15) is 9.90 Å². The van der Waals surface area contributed by atoms with Gasteiger partial charge in [0.15, 0.2) is 0 Å². The minimum Gasteiger partial charge on any atom is -0.391 e. The van der Waals surface area contributed by atoms with Gasteiger partial charge in [-0.15, -0.1) is 0 Å². The Morgan fingerprint density at radius 1 is 1.58 bits per heavy atom. The van der Waals surface area contributed by atoms with Gasteiger partial charge in [0.2, 0.25) is 5.91 Å². The lowest BCUT2D eigenvalue weighted by Gasteiger charge is -2.24. The monoisotopic (exact) mass is 171 g/mol. The highest BCUT2D eigenvalue weighted by molar-refractivity contribution is 5.76. The minimum absolute atomic E-state index is 0.0671. The lowest BCUT2D eigenvalue weighted by atomic mass is 10.1. The van der Waals surface area contributed by atoms with Crippen molar-refractivity contribution in [2.45, 2.75) is 45.3 Å². The molecule has 12 heavy (non-hydrogen) atoms. The van der Waals surface area contributed by atoms with Crippen LogP contribution in [0.25, 0.3) is 0 Å². The number of carbonyl (C=O) groups is 1. The van der Waals surface area contributed by atoms with Crippen molar-refractivity contribution in [3.63, 3.8) is 0 Å². The van der Waals surface area contributed by atoms with Gasteiger partial charge in [-0.05, 0) is 12.8 Å². The van der Waals surface area contributed by atoms with Crippen LogP contribution in [0.5, 0.6) is 0 Å². The van der Waals surface area contributed by atoms with E-state index in [-0.39, 0.29) is 18.1 Å². The first-order chi connectivity index (χ1) is 5.70. The standard InChI is InChI=1S/C9H17NO2/c1-3-7-8(11)5-6-10(7)9(12)4-2/h7-8,11H,3-6H2,1-2H3/t7-,8-/m0/s1. The van der Waals surface area contributed by atoms with E-state index in [2.05, 4.69) is 0 Å². The molecule has 0 radical (unpaired) electrons. The van der Waals surface area contributed by atoms with Crippen molar-refractivity contribution in [3.8, 4) is 0 Å². The third-order valence-electron chi connectivity index (χ3n) is 2.55. The van der Waals surface area contributed by atoms with Crippen LogP contribution in [0.1, 0.15) is 33.1 Å². The smallest absolute Gasteiger partial charge is 0.222 e. The Morgan fingerprint density at radius 2 is 2.25 bits per heavy atom. The average Bonchev–Trinajstić information content (AvgIpc) is 2.45. The zero-order valence-corrected chi connectivity index (χ0v) is 7.79. The molecule has 70 valence electrons. The van der Waals surface area contributed by atoms with Gasteiger partial charge in [0.1, 0.15) is 0 Å². The summed E-state index contributed by atoms with van der Waals surface area (Å²) in [6, 6.07) is 0.0671. The van der Waals surface area contributed by atoms with Crippen molar-refractivity contribution >= 4 is 5.91 Å². The number of hydrogen-bond acceptors (Lipinski definition) is 2. The van der Waals surface area contributed by atoms with Crippen LogP contribution in [0.2, 0.25) is 0 Å². The summed E-state index contributed by atoms with van der Waals surface area (Å²) in [7, 11) is 0. The lowest BCUT2D eigenvalue weighted by Crippen LogP contribution is -2.38. The molecule has 0 saturated carbocycles. The molecule has 3 nitrogen and oxygen atoms in total. The van der Waals surface area contributed by atoms with Crippen molar-refractivity contribution in [1.82, 2.24) is 4.90 Å². The first-order valence-electron chi connectivity index (χ1n) is 4.68. The number of aliphatic hydroxyl groups is 1. The first-order valence-corrected chi connectivity index (χ1v) is 4.68. The van der Waals surface area contributed by atoms with Gasteiger partial charge in [-0.2, -0.15) is 0 Å². The van der Waals surface area contributed by atoms with E-state index >= 15 is 0 Å². The van der Waals surface area contributed by atoms with Crippen LogP contribution in [0.4, 0.5) is 0 Å². The highest BCUT2D eigenvalue weighted by atomic mass is 16.3. The van der Waals surface area contributed by atoms with Gasteiger partial charge in [0, 0.05) is 13.0 Å². The second-order valence-corrected chi connectivity index (χ2v) is 3.27. The van der Waals surface area contributed by atoms with Gasteiger partial charge in [0.25, 0.3) is 0 Å². The second kappa shape index (κ2) is 3.90. The van der Waals surface area contributed by atoms with Crippen LogP contribution in [0, 0.1) is 0 Å². The fourth-order valence-corrected chi connectivity index (χ4v) is 1.84. The van der Waals surface area contributed by atoms with E-state index in [0.29, 0.717) is 6.42 Å². The maximum atomic E-state index is 11.3. The van der Waals surface area contributed by atoms with E-state index in [0.717, 1.165) is 19.4 Å². The Bertz CT molecular complexity index is 170. The van der Waals surface area contributed by atoms with Crippen LogP contribution in [-0.4, -0.2) is 34.6 Å². The topological polar surface area (TPSA) is 40.5 Å². The van der Waals surface area contributed by atoms with Crippen LogP contribution in [0.3, 0.4) is 0 Å². The summed E-state index contributed by atoms with van der Waals surface area (Å²) in [4.78, 5) is 13.2. The third-order valence-corrected chi connectivity index (χ3v) is 2.55. The van der Waals surface area contributed by atoms with Crippen molar-refractivity contribution < 1.29 is 9.90 Å². The molecule has 1 aliphatic rings. The van der Waals surface area contributed by atoms with E-state index in [1.165, 1.54) is 0 Å². The zero-order valence-electron chi connectivity index (χ0n) is 7.79. The highest BCUT2D eigenvalue weighted by Crippen LogP contribution is 2.21. The molecule has 1 amide bonds. The number of likely N-dealkylation sites (tertiary alicyclic amines) is 1. The van der Waals surface area contributed by atoms with Gasteiger partial charge < -0.3 is 10.0 Å². The Morgan fingerprint density at radius 3 is 2.75 bits per heavy atom. The maximum absolute atomic E-state index is 11.3. The van der Waals surface area contributed by atoms with E-state index in [4.69, 9.17) is 0 Å². The Labute approximate surface area is 73.4 Å². The van der Waals surface area contributed by atoms with E-state index in [1.807, 2.05) is 18.7 Å². The molecule has 0 aromatic heterocycles. The maximum Gasteiger partial charge on any atom is 0.222 e. The minimum atomic E-state index is -0.300. The summed E-state index contributed by atoms with van der Waals surface area (Å²) < 4.78 is 0. The molecule has 0 aliphatic carbocycles. The molecule has 3 heteroatoms. The van der Waals surface area contributed by atoms with Gasteiger partial charge in [-0.1, -0.05) is 13.8 Å². The van der Waals surface area contributed by atoms with Crippen LogP contribution in [0.15, 0.2) is 0 Å². The normalized spacial score (nSPS) is 29.4. The average molecular weight is 171 g/mol. The molecule has 0 spiro atoms. The van der Waals surface area contributed by atoms with Crippen molar-refractivity contribution in [2.24, 2.45) is 0 Å². The fourth-order valence-electron chi connectivity index (χ4n) is 1.84. The fraction of sp³-hybridized carbons (Fsp3) is 0.889. The molecular formula is C9H17NO2. The van der Waals surface area contributed by atoms with Gasteiger partial charge in [0.05, 0.1) is 12.1 Å². The number of amides is 1. The number of rotatable bonds is 2. The molecule has 2 atom stereocenters. The first kappa shape index (κ1) is 9.52. The predicted molar refractivity (Wildman–Crippen MR) is 46.7 cm³/mol. The summed E-state index contributed by atoms with van der Waals surface area (Å²) in [5.41, 5.74) is 0. The Hall–Kier alpha value is -0.570. The summed E-state index contributed by atoms with van der Waals surface area (Å²) in [5.74, 6) is 0.165. The van der Waals surface area contributed by atoms with Crippen LogP contribution in [-0.2, 0) is 4.79 Å². The number of carbonyl (C=O) groups excluding carboxylic acids is 1. The SMILES string of the molecule is CCC(=O)N1CC[C@H](O)[C@@H]1CC. The molecule has 1 fully saturated rings. The lowest BCUT2D eigenvalue weighted by molar-refractivity contribution is -0.132. The van der Waals surface area contributed by atoms with E-state index in [1.54, 1.807) is 0 Å². The van der Waals surface area contributed by atoms with Crippen LogP contribution < -0.4 is 0 Å². The molecule has 1 aliphatic heterocycles. The van der Waals surface area contributed by atoms with Gasteiger partial charge in [-0.3, -0.25) is 4.79 Å². The molecule has 0 bridgehead atoms. The molecule has 1 N–H and O–H groups in total. The van der Waals surface area contributed by atoms with Gasteiger partial charge in [-0.25, -0.2) is 0 Å². The Balaban J connectivity index is 2.60. The van der Waals surface area contributed by atoms with Crippen molar-refractivity contribution in [2.75, 3.05) is 6.54 Å². The van der Waals surface area contributed by atoms with Crippen molar-refractivity contribution in [1.29, 1.82) is 0 Å². The van der Waals surface area contributed by atoms with E-state index < -0.39 is 0 Å². The molecule has 0 unspecified atom stereocenters. The number of hydrogen-bond donors (Lipinski definition) is 1. The largest absolute Gasteiger partial charge is 0.391 e. The second-order valence-electron chi connectivity index (χ2n) is 3.27. The quantitative estimate of drug-likeness (QED) is 0.666. The van der Waals surface area contributed by atoms with Gasteiger partial charge >= 0.3 is 0 Å². The third kappa shape index (κ3) is 1.61. The predicted octanol–water partition coefficient (Wildman–Crippen LogP) is 0.768. The zero-order chi connectivity index (χ0) is 9.14. The molecule has 0 aromatic rings. The molecular weight excluding hydrogens is 154 g/mol. The summed E-state index contributed by atoms with van der Waals surface area (Å²) in [6.45, 7) is 4.60. The molecule has 1 heterocycles. The number of nitrogens with zero attached hydrogens (tertiary/aromatic N) is 1. The summed E-state index contributed by atoms with van der Waals surface area (Å²) in [5, 5.41) is 9.51. The highest BCUT2D eigenvalue weighted by Gasteiger charge is 2.33. The summed E-state index contributed by atoms with van der Waals surface area (Å²) in [6.07, 6.45) is 1.84. The molecule has 1 rings (SSSR count). The summed E-state index contributed by atoms with van der Waals surface area (Å²) >= 11 is 0. The molecule has 1 saturated heterocycles. The molecule has 0 aromatic carbocycles.